The number of ether oxygens (including phenoxy) is 2. The molecule has 9 rings (SSSR count). The van der Waals surface area contributed by atoms with Crippen LogP contribution in [0.1, 0.15) is 95.5 Å². The average Bonchev–Trinajstić information content (AvgIpc) is 4.29. The van der Waals surface area contributed by atoms with Crippen molar-refractivity contribution in [1.29, 1.82) is 0 Å². The van der Waals surface area contributed by atoms with E-state index in [0.717, 1.165) is 33.8 Å². The lowest BCUT2D eigenvalue weighted by molar-refractivity contribution is -0.144. The van der Waals surface area contributed by atoms with Crippen LogP contribution >= 0.6 is 11.3 Å². The molecular formula is C58H73F4N13O7S. The molecule has 3 saturated heterocycles. The zero-order valence-electron chi connectivity index (χ0n) is 47.2. The molecule has 6 aromatic rings. The molecule has 7 heterocycles. The summed E-state index contributed by atoms with van der Waals surface area (Å²) in [5.41, 5.74) is 16.5. The van der Waals surface area contributed by atoms with Gasteiger partial charge >= 0.3 is 0 Å². The number of carbonyl (C=O) groups is 3. The van der Waals surface area contributed by atoms with E-state index in [4.69, 9.17) is 20.9 Å². The van der Waals surface area contributed by atoms with Crippen molar-refractivity contribution in [3.8, 4) is 27.4 Å². The van der Waals surface area contributed by atoms with Crippen LogP contribution in [0.25, 0.3) is 32.9 Å². The monoisotopic (exact) mass is 1170 g/mol. The minimum absolute atomic E-state index is 0.0365. The number of nitrogens with two attached hydrogens (primary N) is 2. The van der Waals surface area contributed by atoms with Crippen molar-refractivity contribution in [2.24, 2.45) is 11.1 Å². The number of nitrogens with one attached hydrogen (secondary N) is 2. The van der Waals surface area contributed by atoms with Crippen molar-refractivity contribution in [2.75, 3.05) is 63.1 Å². The number of anilines is 2. The number of nitrogens with zero attached hydrogens (tertiary/aromatic N) is 9. The fourth-order valence-corrected chi connectivity index (χ4v) is 12.0. The number of aromatic nitrogens is 6. The third-order valence-electron chi connectivity index (χ3n) is 15.9. The number of imidazole rings is 1. The molecule has 0 saturated carbocycles. The lowest BCUT2D eigenvalue weighted by atomic mass is 9.84. The third-order valence-corrected chi connectivity index (χ3v) is 16.9. The van der Waals surface area contributed by atoms with Gasteiger partial charge in [0.05, 0.1) is 70.8 Å². The molecule has 6 atom stereocenters. The topological polar surface area (TPSA) is 265 Å². The molecule has 0 radical (unpaired) electrons. The van der Waals surface area contributed by atoms with Crippen LogP contribution in [0.3, 0.4) is 0 Å². The van der Waals surface area contributed by atoms with Gasteiger partial charge in [-0.1, -0.05) is 45.0 Å². The molecule has 8 N–H and O–H groups in total. The number of amides is 3. The van der Waals surface area contributed by atoms with E-state index >= 15 is 8.78 Å². The lowest BCUT2D eigenvalue weighted by Crippen LogP contribution is -2.63. The maximum absolute atomic E-state index is 16.1. The smallest absolute Gasteiger partial charge is 0.265 e. The molecule has 25 heteroatoms. The molecule has 3 aliphatic rings. The number of piperidine rings is 2. The highest BCUT2D eigenvalue weighted by Gasteiger charge is 2.46. The number of aliphatic hydroxyl groups is 2. The Balaban J connectivity index is 0.731. The van der Waals surface area contributed by atoms with Gasteiger partial charge in [-0.05, 0) is 80.2 Å². The number of rotatable bonds is 21. The van der Waals surface area contributed by atoms with Gasteiger partial charge in [-0.2, -0.15) is 0 Å². The highest BCUT2D eigenvalue weighted by atomic mass is 32.1. The van der Waals surface area contributed by atoms with E-state index in [0.29, 0.717) is 87.5 Å². The quantitative estimate of drug-likeness (QED) is 0.0348. The Hall–Kier alpha value is -6.90. The molecule has 20 nitrogen and oxygen atoms in total. The maximum atomic E-state index is 16.1. The zero-order valence-corrected chi connectivity index (χ0v) is 48.1. The number of aryl methyl sites for hydroxylation is 1. The van der Waals surface area contributed by atoms with Crippen molar-refractivity contribution in [3.05, 3.63) is 95.3 Å². The Morgan fingerprint density at radius 1 is 0.976 bits per heavy atom. The number of halogens is 4. The number of fused-ring (bicyclic) bond motifs is 1. The molecule has 0 unspecified atom stereocenters. The summed E-state index contributed by atoms with van der Waals surface area (Å²) < 4.78 is 73.1. The number of carbonyl (C=O) groups excluding carboxylic acids is 3. The van der Waals surface area contributed by atoms with E-state index in [-0.39, 0.29) is 85.7 Å². The molecule has 3 aliphatic heterocycles. The van der Waals surface area contributed by atoms with Crippen molar-refractivity contribution in [1.82, 2.24) is 49.9 Å². The van der Waals surface area contributed by atoms with Crippen LogP contribution < -0.4 is 31.7 Å². The summed E-state index contributed by atoms with van der Waals surface area (Å²) in [7, 11) is 0. The van der Waals surface area contributed by atoms with E-state index in [1.165, 1.54) is 23.8 Å². The van der Waals surface area contributed by atoms with E-state index in [9.17, 15) is 33.4 Å². The summed E-state index contributed by atoms with van der Waals surface area (Å²) in [4.78, 5) is 69.1. The van der Waals surface area contributed by atoms with Crippen LogP contribution in [-0.4, -0.2) is 162 Å². The summed E-state index contributed by atoms with van der Waals surface area (Å²) in [6.07, 6.45) is 0.0532. The first-order valence-corrected chi connectivity index (χ1v) is 28.9. The van der Waals surface area contributed by atoms with Crippen LogP contribution in [0, 0.1) is 24.0 Å². The molecule has 0 bridgehead atoms. The van der Waals surface area contributed by atoms with Gasteiger partial charge in [0.2, 0.25) is 17.7 Å². The molecule has 2 aromatic carbocycles. The van der Waals surface area contributed by atoms with Gasteiger partial charge in [0.15, 0.2) is 23.0 Å². The third kappa shape index (κ3) is 14.2. The summed E-state index contributed by atoms with van der Waals surface area (Å²) in [5.74, 6) is -2.82. The van der Waals surface area contributed by atoms with Gasteiger partial charge < -0.3 is 61.1 Å². The summed E-state index contributed by atoms with van der Waals surface area (Å²) in [6, 6.07) is 9.25. The van der Waals surface area contributed by atoms with Gasteiger partial charge in [0, 0.05) is 70.3 Å². The number of likely N-dealkylation sites (tertiary alicyclic amines) is 2. The Morgan fingerprint density at radius 3 is 2.45 bits per heavy atom. The number of hydrogen-bond acceptors (Lipinski definition) is 17. The van der Waals surface area contributed by atoms with Gasteiger partial charge in [0.1, 0.15) is 42.0 Å². The molecule has 446 valence electrons. The summed E-state index contributed by atoms with van der Waals surface area (Å²) in [5, 5.41) is 27.0. The van der Waals surface area contributed by atoms with Crippen LogP contribution in [0.2, 0.25) is 0 Å². The lowest BCUT2D eigenvalue weighted by Gasteiger charge is -2.44. The van der Waals surface area contributed by atoms with Crippen LogP contribution in [-0.2, 0) is 25.7 Å². The van der Waals surface area contributed by atoms with E-state index in [1.54, 1.807) is 32.4 Å². The molecule has 3 amide bonds. The summed E-state index contributed by atoms with van der Waals surface area (Å²) >= 11 is 1.56. The van der Waals surface area contributed by atoms with Gasteiger partial charge in [0.25, 0.3) is 6.43 Å². The minimum atomic E-state index is -3.06. The molecule has 0 aliphatic carbocycles. The number of alkyl halides is 2. The van der Waals surface area contributed by atoms with Crippen LogP contribution in [0.4, 0.5) is 29.1 Å². The second kappa shape index (κ2) is 25.9. The Bertz CT molecular complexity index is 3250. The number of nitrogen functional groups attached to an aromatic ring is 1. The zero-order chi connectivity index (χ0) is 59.3. The number of β-amino-alcohol motifs (C(OH)–C–C–N with tert-alkyl or cyclic N) is 1. The van der Waals surface area contributed by atoms with E-state index < -0.39 is 59.2 Å². The Kier molecular flexibility index (Phi) is 19.0. The highest BCUT2D eigenvalue weighted by Crippen LogP contribution is 2.37. The normalized spacial score (nSPS) is 20.2. The first-order chi connectivity index (χ1) is 39.6. The molecule has 4 aromatic heterocycles. The number of hydrogen-bond donors (Lipinski definition) is 6. The number of thiazole rings is 1. The fourth-order valence-electron chi connectivity index (χ4n) is 11.2. The van der Waals surface area contributed by atoms with Crippen molar-refractivity contribution in [3.63, 3.8) is 0 Å². The number of benzene rings is 2. The second-order valence-corrected chi connectivity index (χ2v) is 23.9. The van der Waals surface area contributed by atoms with E-state index in [1.807, 2.05) is 58.9 Å². The van der Waals surface area contributed by atoms with E-state index in [2.05, 4.69) is 40.5 Å². The van der Waals surface area contributed by atoms with Crippen LogP contribution in [0.15, 0.2) is 66.8 Å². The minimum Gasteiger partial charge on any atom is -0.487 e. The van der Waals surface area contributed by atoms with Gasteiger partial charge in [-0.3, -0.25) is 19.4 Å². The van der Waals surface area contributed by atoms with Crippen molar-refractivity contribution >= 4 is 51.7 Å². The molecule has 0 spiro atoms. The molecular weight excluding hydrogens is 1100 g/mol. The Labute approximate surface area is 483 Å². The predicted molar refractivity (Wildman–Crippen MR) is 305 cm³/mol. The first kappa shape index (κ1) is 60.7. The highest BCUT2D eigenvalue weighted by molar-refractivity contribution is 7.13. The summed E-state index contributed by atoms with van der Waals surface area (Å²) in [6.45, 7) is 12.2. The number of aliphatic hydroxyl groups excluding tert-OH is 2. The molecule has 83 heavy (non-hydrogen) atoms. The average molecular weight is 1170 g/mol. The van der Waals surface area contributed by atoms with Crippen molar-refractivity contribution in [2.45, 2.75) is 135 Å². The second-order valence-electron chi connectivity index (χ2n) is 23.1. The standard InChI is InChI=1S/C58H73F4N13O7S/c1-33(35-9-11-36(12-10-35)49-34(2)69-32-83-49)70-55(79)44-23-38(76)28-75(44)56(80)50(57(3,4)5)71-47(77)8-6-20-81-21-19-72-17-13-39(14-18-72)82-46-25-41(59)40(24-42(46)60)43-22-37(27-74-31-68-48-53(63)66-30-67-54(48)74)45(26-65-43)73-16-7-15-58(64,29-73)51(78)52(61)62/h9-12,22,24-26,30-33,38-39,44,50-52,76,78H,6-8,13-21,23,27-29,64H2,1-5H3,(H,70,79)(H,71,77)(H2,63,66,67)/t33-,38+,44-,50+,51+,58+/m0/s1. The predicted octanol–water partition coefficient (Wildman–Crippen LogP) is 6.16. The fraction of sp³-hybridized carbons (Fsp3) is 0.517. The first-order valence-electron chi connectivity index (χ1n) is 28.0. The van der Waals surface area contributed by atoms with Gasteiger partial charge in [-0.15, -0.1) is 11.3 Å². The molecule has 3 fully saturated rings. The largest absolute Gasteiger partial charge is 0.487 e. The Morgan fingerprint density at radius 2 is 1.73 bits per heavy atom. The SMILES string of the molecule is Cc1ncsc1-c1ccc([C@H](C)NC(=O)[C@@H]2C[C@@H](O)CN2C(=O)[C@@H](NC(=O)CCCOCCN2CCC(Oc3cc(F)c(-c4cc(Cn5cnc6c(N)ncnc65)c(N5CCC[C@](N)([C@H](O)C(F)F)C5)cn4)cc3F)CC2)C(C)(C)C)cc1. The van der Waals surface area contributed by atoms with Crippen molar-refractivity contribution < 1.29 is 51.6 Å². The van der Waals surface area contributed by atoms with Gasteiger partial charge in [-0.25, -0.2) is 37.5 Å². The number of pyridine rings is 1. The maximum Gasteiger partial charge on any atom is 0.265 e. The van der Waals surface area contributed by atoms with Crippen LogP contribution in [0.5, 0.6) is 5.75 Å².